The molecule has 0 bridgehead atoms. The monoisotopic (exact) mass is 551 g/mol. The number of rotatable bonds is 8. The Morgan fingerprint density at radius 1 is 1.12 bits per heavy atom. The van der Waals surface area contributed by atoms with Crippen LogP contribution >= 0.6 is 0 Å². The molecule has 3 heterocycles. The molecule has 1 atom stereocenters. The first-order valence-corrected chi connectivity index (χ1v) is 13.5. The van der Waals surface area contributed by atoms with E-state index in [2.05, 4.69) is 9.88 Å². The zero-order chi connectivity index (χ0) is 28.5. The van der Waals surface area contributed by atoms with Crippen molar-refractivity contribution in [2.45, 2.75) is 64.0 Å². The van der Waals surface area contributed by atoms with Crippen LogP contribution < -0.4 is 0 Å². The van der Waals surface area contributed by atoms with E-state index in [4.69, 9.17) is 9.57 Å². The predicted molar refractivity (Wildman–Crippen MR) is 145 cm³/mol. The minimum Gasteiger partial charge on any atom is -0.388 e. The molecule has 9 heteroatoms. The van der Waals surface area contributed by atoms with Crippen molar-refractivity contribution in [1.29, 1.82) is 0 Å². The Hall–Kier alpha value is -3.24. The molecule has 7 nitrogen and oxygen atoms in total. The number of aromatic nitrogens is 1. The predicted octanol–water partition coefficient (Wildman–Crippen LogP) is 5.02. The average molecular weight is 552 g/mol. The van der Waals surface area contributed by atoms with Crippen LogP contribution in [0.5, 0.6) is 0 Å². The summed E-state index contributed by atoms with van der Waals surface area (Å²) in [5.41, 5.74) is 3.09. The van der Waals surface area contributed by atoms with Crippen LogP contribution in [-0.2, 0) is 33.1 Å². The fraction of sp³-hybridized carbons (Fsp3) is 0.419. The number of amides is 1. The quantitative estimate of drug-likeness (QED) is 0.397. The van der Waals surface area contributed by atoms with Crippen LogP contribution in [0.2, 0.25) is 0 Å². The Morgan fingerprint density at radius 3 is 2.48 bits per heavy atom. The van der Waals surface area contributed by atoms with Crippen molar-refractivity contribution in [3.8, 4) is 0 Å². The number of halogens is 2. The van der Waals surface area contributed by atoms with E-state index in [0.29, 0.717) is 17.7 Å². The number of ether oxygens (including phenoxy) is 1. The van der Waals surface area contributed by atoms with Crippen molar-refractivity contribution in [2.75, 3.05) is 19.7 Å². The van der Waals surface area contributed by atoms with E-state index in [1.54, 1.807) is 13.8 Å². The van der Waals surface area contributed by atoms with Gasteiger partial charge in [-0.25, -0.2) is 13.8 Å². The molecule has 0 radical (unpaired) electrons. The smallest absolute Gasteiger partial charge is 0.243 e. The third-order valence-corrected chi connectivity index (χ3v) is 7.63. The van der Waals surface area contributed by atoms with Gasteiger partial charge in [-0.1, -0.05) is 30.3 Å². The van der Waals surface area contributed by atoms with Gasteiger partial charge in [0, 0.05) is 44.5 Å². The summed E-state index contributed by atoms with van der Waals surface area (Å²) in [6, 6.07) is 12.4. The molecular formula is C31H35F2N3O4. The maximum Gasteiger partial charge on any atom is 0.243 e. The second-order valence-corrected chi connectivity index (χ2v) is 11.3. The van der Waals surface area contributed by atoms with Gasteiger partial charge in [0.2, 0.25) is 5.91 Å². The molecule has 1 spiro atoms. The Labute approximate surface area is 233 Å². The number of likely N-dealkylation sites (tertiary alicyclic amines) is 1. The molecule has 40 heavy (non-hydrogen) atoms. The number of nitrogens with zero attached hydrogens (tertiary/aromatic N) is 3. The lowest BCUT2D eigenvalue weighted by molar-refractivity contribution is -0.212. The fourth-order valence-electron chi connectivity index (χ4n) is 5.52. The van der Waals surface area contributed by atoms with Crippen molar-refractivity contribution in [2.24, 2.45) is 0 Å². The summed E-state index contributed by atoms with van der Waals surface area (Å²) >= 11 is 0. The van der Waals surface area contributed by atoms with Gasteiger partial charge < -0.3 is 9.84 Å². The van der Waals surface area contributed by atoms with Crippen molar-refractivity contribution in [3.63, 3.8) is 0 Å². The van der Waals surface area contributed by atoms with Gasteiger partial charge in [0.25, 0.3) is 0 Å². The lowest BCUT2D eigenvalue weighted by Crippen LogP contribution is -2.42. The number of hydroxylamine groups is 2. The highest BCUT2D eigenvalue weighted by molar-refractivity contribution is 5.73. The largest absolute Gasteiger partial charge is 0.388 e. The summed E-state index contributed by atoms with van der Waals surface area (Å²) in [6.07, 6.45) is 5.55. The summed E-state index contributed by atoms with van der Waals surface area (Å²) in [7, 11) is 0. The number of fused-ring (bicyclic) bond motifs is 2. The number of hydrogen-bond acceptors (Lipinski definition) is 6. The zero-order valence-corrected chi connectivity index (χ0v) is 23.1. The molecule has 1 N–H and O–H groups in total. The third kappa shape index (κ3) is 6.07. The van der Waals surface area contributed by atoms with Crippen molar-refractivity contribution in [1.82, 2.24) is 14.9 Å². The number of carbonyl (C=O) groups excluding carboxylic acids is 1. The first kappa shape index (κ1) is 28.3. The molecule has 1 unspecified atom stereocenters. The van der Waals surface area contributed by atoms with Gasteiger partial charge in [0.1, 0.15) is 12.6 Å². The Kier molecular flexibility index (Phi) is 8.01. The molecular weight excluding hydrogens is 516 g/mol. The standard InChI is InChI=1S/C31H35F2N3O4/c1-21(37)36(40-20-30(2,3)38)29(24-8-9-27(32)28(33)16-24)23-6-4-22(5-7-23)18-35-14-11-31(12-15-35)26-17-34-13-10-25(26)19-39-31/h4-10,13,16-17,29,38H,11-12,14-15,18-20H2,1-3H3. The van der Waals surface area contributed by atoms with Gasteiger partial charge in [0.15, 0.2) is 11.6 Å². The summed E-state index contributed by atoms with van der Waals surface area (Å²) in [4.78, 5) is 25.1. The van der Waals surface area contributed by atoms with Crippen LogP contribution in [0.3, 0.4) is 0 Å². The van der Waals surface area contributed by atoms with Gasteiger partial charge in [-0.2, -0.15) is 0 Å². The minimum absolute atomic E-state index is 0.161. The SMILES string of the molecule is CC(=O)N(OCC(C)(C)O)C(c1ccc(CN2CCC3(CC2)OCc2ccncc23)cc1)c1ccc(F)c(F)c1. The number of hydrogen-bond donors (Lipinski definition) is 1. The van der Waals surface area contributed by atoms with Crippen LogP contribution in [0, 0.1) is 11.6 Å². The highest BCUT2D eigenvalue weighted by atomic mass is 19.2. The highest BCUT2D eigenvalue weighted by Crippen LogP contribution is 2.43. The Bertz CT molecular complexity index is 1350. The molecule has 0 saturated carbocycles. The molecule has 2 aliphatic rings. The van der Waals surface area contributed by atoms with Crippen LogP contribution in [-0.4, -0.2) is 51.3 Å². The van der Waals surface area contributed by atoms with Crippen LogP contribution in [0.25, 0.3) is 0 Å². The first-order valence-electron chi connectivity index (χ1n) is 13.5. The van der Waals surface area contributed by atoms with E-state index in [9.17, 15) is 18.7 Å². The van der Waals surface area contributed by atoms with Gasteiger partial charge in [-0.05, 0) is 67.1 Å². The molecule has 2 aromatic carbocycles. The first-order chi connectivity index (χ1) is 19.0. The zero-order valence-electron chi connectivity index (χ0n) is 23.1. The second-order valence-electron chi connectivity index (χ2n) is 11.3. The Morgan fingerprint density at radius 2 is 1.82 bits per heavy atom. The summed E-state index contributed by atoms with van der Waals surface area (Å²) in [5, 5.41) is 11.3. The van der Waals surface area contributed by atoms with Crippen molar-refractivity contribution in [3.05, 3.63) is 100 Å². The number of pyridine rings is 1. The third-order valence-electron chi connectivity index (χ3n) is 7.63. The molecule has 212 valence electrons. The number of benzene rings is 2. The van der Waals surface area contributed by atoms with Gasteiger partial charge in [0.05, 0.1) is 17.8 Å². The van der Waals surface area contributed by atoms with E-state index in [-0.39, 0.29) is 12.2 Å². The minimum atomic E-state index is -1.20. The molecule has 1 aromatic heterocycles. The van der Waals surface area contributed by atoms with Gasteiger partial charge >= 0.3 is 0 Å². The molecule has 1 amide bonds. The second kappa shape index (κ2) is 11.3. The fourth-order valence-corrected chi connectivity index (χ4v) is 5.52. The molecule has 1 saturated heterocycles. The van der Waals surface area contributed by atoms with E-state index in [0.717, 1.165) is 55.2 Å². The number of aliphatic hydroxyl groups is 1. The van der Waals surface area contributed by atoms with Crippen LogP contribution in [0.15, 0.2) is 60.9 Å². The van der Waals surface area contributed by atoms with E-state index in [1.807, 2.05) is 42.7 Å². The molecule has 1 fully saturated rings. The lowest BCUT2D eigenvalue weighted by Gasteiger charge is -2.39. The van der Waals surface area contributed by atoms with E-state index in [1.165, 1.54) is 24.1 Å². The summed E-state index contributed by atoms with van der Waals surface area (Å²) in [6.45, 7) is 7.44. The van der Waals surface area contributed by atoms with E-state index < -0.39 is 29.2 Å². The van der Waals surface area contributed by atoms with Crippen molar-refractivity contribution >= 4 is 5.91 Å². The average Bonchev–Trinajstić information content (AvgIpc) is 3.27. The van der Waals surface area contributed by atoms with Crippen molar-refractivity contribution < 1.29 is 28.3 Å². The Balaban J connectivity index is 1.32. The summed E-state index contributed by atoms with van der Waals surface area (Å²) < 4.78 is 34.2. The molecule has 3 aromatic rings. The highest BCUT2D eigenvalue weighted by Gasteiger charge is 2.42. The number of piperidine rings is 1. The topological polar surface area (TPSA) is 75.1 Å². The van der Waals surface area contributed by atoms with Gasteiger partial charge in [-0.15, -0.1) is 0 Å². The normalized spacial score (nSPS) is 17.6. The maximum atomic E-state index is 14.2. The molecule has 2 aliphatic heterocycles. The maximum absolute atomic E-state index is 14.2. The molecule has 5 rings (SSSR count). The molecule has 0 aliphatic carbocycles. The summed E-state index contributed by atoms with van der Waals surface area (Å²) in [5.74, 6) is -2.43. The lowest BCUT2D eigenvalue weighted by atomic mass is 9.84. The van der Waals surface area contributed by atoms with Crippen LogP contribution in [0.4, 0.5) is 8.78 Å². The number of carbonyl (C=O) groups is 1. The van der Waals surface area contributed by atoms with Crippen LogP contribution in [0.1, 0.15) is 67.5 Å². The van der Waals surface area contributed by atoms with Gasteiger partial charge in [-0.3, -0.25) is 19.5 Å². The van der Waals surface area contributed by atoms with E-state index >= 15 is 0 Å².